The van der Waals surface area contributed by atoms with Crippen molar-refractivity contribution in [3.05, 3.63) is 41.7 Å². The minimum atomic E-state index is 0.0951. The smallest absolute Gasteiger partial charge is 0.222 e. The third kappa shape index (κ3) is 2.59. The number of imidazole rings is 1. The van der Waals surface area contributed by atoms with Gasteiger partial charge in [0.1, 0.15) is 0 Å². The number of hydrazone groups is 1. The van der Waals surface area contributed by atoms with Gasteiger partial charge in [-0.05, 0) is 31.4 Å². The second-order valence-electron chi connectivity index (χ2n) is 5.58. The van der Waals surface area contributed by atoms with Gasteiger partial charge in [0, 0.05) is 11.3 Å². The van der Waals surface area contributed by atoms with Crippen molar-refractivity contribution in [1.82, 2.24) is 19.7 Å². The van der Waals surface area contributed by atoms with Gasteiger partial charge in [-0.3, -0.25) is 4.68 Å². The third-order valence-electron chi connectivity index (χ3n) is 4.08. The van der Waals surface area contributed by atoms with Crippen LogP contribution < -0.4 is 5.43 Å². The van der Waals surface area contributed by atoms with Gasteiger partial charge in [0.15, 0.2) is 0 Å². The van der Waals surface area contributed by atoms with Gasteiger partial charge in [0.25, 0.3) is 0 Å². The Hall–Kier alpha value is -2.67. The van der Waals surface area contributed by atoms with Crippen molar-refractivity contribution in [2.75, 3.05) is 12.0 Å². The molecule has 0 atom stereocenters. The van der Waals surface area contributed by atoms with Crippen LogP contribution in [-0.2, 0) is 13.0 Å². The maximum atomic E-state index is 9.11. The SMILES string of the molecule is OCCn1ncc2c1CCC/C2=N/Nc1nc2ccccc2[nH]1. The van der Waals surface area contributed by atoms with Crippen LogP contribution in [0.2, 0.25) is 0 Å². The Balaban J connectivity index is 1.60. The Morgan fingerprint density at radius 1 is 1.30 bits per heavy atom. The first kappa shape index (κ1) is 14.0. The maximum absolute atomic E-state index is 9.11. The van der Waals surface area contributed by atoms with Gasteiger partial charge in [0.05, 0.1) is 36.1 Å². The maximum Gasteiger partial charge on any atom is 0.222 e. The highest BCUT2D eigenvalue weighted by Gasteiger charge is 2.20. The number of aliphatic hydroxyl groups excluding tert-OH is 1. The van der Waals surface area contributed by atoms with Crippen LogP contribution in [0.3, 0.4) is 0 Å². The summed E-state index contributed by atoms with van der Waals surface area (Å²) in [7, 11) is 0. The quantitative estimate of drug-likeness (QED) is 0.642. The molecule has 118 valence electrons. The number of aliphatic hydroxyl groups is 1. The fraction of sp³-hybridized carbons (Fsp3) is 0.312. The minimum absolute atomic E-state index is 0.0951. The van der Waals surface area contributed by atoms with E-state index in [0.717, 1.165) is 47.3 Å². The van der Waals surface area contributed by atoms with Crippen LogP contribution in [-0.4, -0.2) is 37.2 Å². The average Bonchev–Trinajstić information content (AvgIpc) is 3.17. The van der Waals surface area contributed by atoms with Crippen molar-refractivity contribution >= 4 is 22.7 Å². The number of hydrogen-bond donors (Lipinski definition) is 3. The summed E-state index contributed by atoms with van der Waals surface area (Å²) in [6, 6.07) is 7.88. The van der Waals surface area contributed by atoms with Gasteiger partial charge in [-0.1, -0.05) is 12.1 Å². The Bertz CT molecular complexity index is 829. The standard InChI is InChI=1S/C16H18N6O/c23-9-8-22-15-7-3-6-12(11(15)10-17-22)20-21-16-18-13-4-1-2-5-14(13)19-16/h1-2,4-5,10,23H,3,6-9H2,(H2,18,19,21)/b20-12-. The van der Waals surface area contributed by atoms with E-state index in [1.165, 1.54) is 0 Å². The summed E-state index contributed by atoms with van der Waals surface area (Å²) in [4.78, 5) is 7.66. The normalized spacial score (nSPS) is 16.0. The molecule has 2 aromatic heterocycles. The van der Waals surface area contributed by atoms with Crippen LogP contribution in [0.1, 0.15) is 24.1 Å². The largest absolute Gasteiger partial charge is 0.394 e. The molecule has 0 fully saturated rings. The van der Waals surface area contributed by atoms with Crippen molar-refractivity contribution < 1.29 is 5.11 Å². The highest BCUT2D eigenvalue weighted by molar-refractivity contribution is 6.02. The first-order valence-electron chi connectivity index (χ1n) is 7.78. The number of anilines is 1. The number of hydrogen-bond acceptors (Lipinski definition) is 5. The van der Waals surface area contributed by atoms with Gasteiger partial charge in [-0.2, -0.15) is 10.2 Å². The van der Waals surface area contributed by atoms with E-state index in [9.17, 15) is 0 Å². The first-order valence-corrected chi connectivity index (χ1v) is 7.78. The molecule has 0 aliphatic heterocycles. The summed E-state index contributed by atoms with van der Waals surface area (Å²) < 4.78 is 1.87. The molecule has 0 unspecified atom stereocenters. The molecular weight excluding hydrogens is 292 g/mol. The molecule has 0 spiro atoms. The van der Waals surface area contributed by atoms with E-state index in [1.54, 1.807) is 0 Å². The lowest BCUT2D eigenvalue weighted by molar-refractivity contribution is 0.267. The molecule has 1 aliphatic carbocycles. The highest BCUT2D eigenvalue weighted by Crippen LogP contribution is 2.22. The molecule has 4 rings (SSSR count). The lowest BCUT2D eigenvalue weighted by atomic mass is 9.96. The van der Waals surface area contributed by atoms with Crippen LogP contribution in [0.4, 0.5) is 5.95 Å². The number of nitrogens with one attached hydrogen (secondary N) is 2. The lowest BCUT2D eigenvalue weighted by Gasteiger charge is -2.15. The number of aromatic amines is 1. The summed E-state index contributed by atoms with van der Waals surface area (Å²) in [5.41, 5.74) is 8.11. The number of nitrogens with zero attached hydrogens (tertiary/aromatic N) is 4. The fourth-order valence-corrected chi connectivity index (χ4v) is 3.00. The van der Waals surface area contributed by atoms with Gasteiger partial charge < -0.3 is 10.1 Å². The van der Waals surface area contributed by atoms with E-state index >= 15 is 0 Å². The van der Waals surface area contributed by atoms with Crippen molar-refractivity contribution in [1.29, 1.82) is 0 Å². The van der Waals surface area contributed by atoms with Crippen LogP contribution in [0.15, 0.2) is 35.6 Å². The highest BCUT2D eigenvalue weighted by atomic mass is 16.3. The van der Waals surface area contributed by atoms with Gasteiger partial charge in [-0.25, -0.2) is 10.4 Å². The molecule has 1 aromatic carbocycles. The molecule has 0 bridgehead atoms. The summed E-state index contributed by atoms with van der Waals surface area (Å²) in [5, 5.41) is 18.0. The molecule has 2 heterocycles. The number of fused-ring (bicyclic) bond motifs is 2. The average molecular weight is 310 g/mol. The summed E-state index contributed by atoms with van der Waals surface area (Å²) in [6.07, 6.45) is 4.75. The number of aromatic nitrogens is 4. The second-order valence-corrected chi connectivity index (χ2v) is 5.58. The summed E-state index contributed by atoms with van der Waals surface area (Å²) in [5.74, 6) is 0.633. The van der Waals surface area contributed by atoms with Crippen LogP contribution >= 0.6 is 0 Å². The van der Waals surface area contributed by atoms with Crippen LogP contribution in [0, 0.1) is 0 Å². The van der Waals surface area contributed by atoms with E-state index in [1.807, 2.05) is 35.1 Å². The van der Waals surface area contributed by atoms with Gasteiger partial charge >= 0.3 is 0 Å². The molecule has 7 nitrogen and oxygen atoms in total. The lowest BCUT2D eigenvalue weighted by Crippen LogP contribution is -2.16. The van der Waals surface area contributed by atoms with E-state index < -0.39 is 0 Å². The minimum Gasteiger partial charge on any atom is -0.394 e. The molecule has 0 saturated heterocycles. The predicted molar refractivity (Wildman–Crippen MR) is 88.5 cm³/mol. The summed E-state index contributed by atoms with van der Waals surface area (Å²) in [6.45, 7) is 0.622. The predicted octanol–water partition coefficient (Wildman–Crippen LogP) is 1.90. The van der Waals surface area contributed by atoms with Crippen molar-refractivity contribution in [2.45, 2.75) is 25.8 Å². The van der Waals surface area contributed by atoms with Crippen LogP contribution in [0.25, 0.3) is 11.0 Å². The number of H-pyrrole nitrogens is 1. The van der Waals surface area contributed by atoms with Crippen molar-refractivity contribution in [3.8, 4) is 0 Å². The van der Waals surface area contributed by atoms with E-state index in [0.29, 0.717) is 12.5 Å². The van der Waals surface area contributed by atoms with Gasteiger partial charge in [-0.15, -0.1) is 0 Å². The van der Waals surface area contributed by atoms with Crippen molar-refractivity contribution in [3.63, 3.8) is 0 Å². The third-order valence-corrected chi connectivity index (χ3v) is 4.08. The number of rotatable bonds is 4. The Morgan fingerprint density at radius 3 is 3.09 bits per heavy atom. The van der Waals surface area contributed by atoms with Gasteiger partial charge in [0.2, 0.25) is 5.95 Å². The fourth-order valence-electron chi connectivity index (χ4n) is 3.00. The molecule has 23 heavy (non-hydrogen) atoms. The second kappa shape index (κ2) is 5.85. The topological polar surface area (TPSA) is 91.1 Å². The Kier molecular flexibility index (Phi) is 3.55. The molecule has 0 radical (unpaired) electrons. The number of para-hydroxylation sites is 2. The van der Waals surface area contributed by atoms with Crippen LogP contribution in [0.5, 0.6) is 0 Å². The van der Waals surface area contributed by atoms with E-state index in [2.05, 4.69) is 25.6 Å². The molecule has 3 N–H and O–H groups in total. The Labute approximate surface area is 133 Å². The molecule has 3 aromatic rings. The number of benzene rings is 1. The zero-order valence-electron chi connectivity index (χ0n) is 12.7. The van der Waals surface area contributed by atoms with Crippen molar-refractivity contribution in [2.24, 2.45) is 5.10 Å². The van der Waals surface area contributed by atoms with E-state index in [4.69, 9.17) is 5.11 Å². The Morgan fingerprint density at radius 2 is 2.22 bits per heavy atom. The molecule has 0 saturated carbocycles. The zero-order valence-corrected chi connectivity index (χ0v) is 12.7. The molecule has 7 heteroatoms. The summed E-state index contributed by atoms with van der Waals surface area (Å²) >= 11 is 0. The van der Waals surface area contributed by atoms with E-state index in [-0.39, 0.29) is 6.61 Å². The monoisotopic (exact) mass is 310 g/mol. The first-order chi connectivity index (χ1) is 11.3. The molecule has 0 amide bonds. The molecular formula is C16H18N6O. The zero-order chi connectivity index (χ0) is 15.6. The molecule has 1 aliphatic rings.